The number of nitrogens with one attached hydrogen (secondary N) is 3. The van der Waals surface area contributed by atoms with Crippen LogP contribution in [0.15, 0.2) is 0 Å². The lowest BCUT2D eigenvalue weighted by Crippen LogP contribution is -2.47. The van der Waals surface area contributed by atoms with Gasteiger partial charge in [0.1, 0.15) is 0 Å². The van der Waals surface area contributed by atoms with E-state index in [4.69, 9.17) is 5.11 Å². The number of fused-ring (bicyclic) bond motifs is 1. The monoisotopic (exact) mass is 253 g/mol. The van der Waals surface area contributed by atoms with Gasteiger partial charge in [-0.25, -0.2) is 4.79 Å². The van der Waals surface area contributed by atoms with Gasteiger partial charge in [0.25, 0.3) is 0 Å². The van der Waals surface area contributed by atoms with Gasteiger partial charge in [0.2, 0.25) is 0 Å². The zero-order valence-electron chi connectivity index (χ0n) is 10.9. The fourth-order valence-corrected chi connectivity index (χ4v) is 2.31. The minimum absolute atomic E-state index is 0.0609. The Morgan fingerprint density at radius 1 is 1.61 bits per heavy atom. The molecule has 0 unspecified atom stereocenters. The number of nitrogens with zero attached hydrogens (tertiary/aromatic N) is 2. The fourth-order valence-electron chi connectivity index (χ4n) is 2.31. The number of aromatic nitrogens is 2. The molecule has 7 heteroatoms. The number of aromatic amines is 1. The molecule has 2 amide bonds. The summed E-state index contributed by atoms with van der Waals surface area (Å²) in [4.78, 5) is 13.8. The van der Waals surface area contributed by atoms with E-state index >= 15 is 0 Å². The molecule has 0 aliphatic carbocycles. The van der Waals surface area contributed by atoms with E-state index in [2.05, 4.69) is 20.8 Å². The minimum atomic E-state index is -0.434. The molecule has 0 saturated carbocycles. The topological polar surface area (TPSA) is 93.3 Å². The summed E-state index contributed by atoms with van der Waals surface area (Å²) in [5, 5.41) is 21.6. The molecular weight excluding hydrogens is 234 g/mol. The summed E-state index contributed by atoms with van der Waals surface area (Å²) in [6, 6.07) is -0.180. The van der Waals surface area contributed by atoms with Crippen molar-refractivity contribution in [3.63, 3.8) is 0 Å². The van der Waals surface area contributed by atoms with E-state index in [0.717, 1.165) is 17.1 Å². The third-order valence-corrected chi connectivity index (χ3v) is 3.34. The van der Waals surface area contributed by atoms with Crippen molar-refractivity contribution in [2.75, 3.05) is 25.5 Å². The normalized spacial score (nSPS) is 16.6. The number of amides is 2. The minimum Gasteiger partial charge on any atom is -0.395 e. The number of urea groups is 1. The van der Waals surface area contributed by atoms with Crippen LogP contribution < -0.4 is 10.6 Å². The Labute approximate surface area is 106 Å². The highest BCUT2D eigenvalue weighted by molar-refractivity contribution is 5.77. The van der Waals surface area contributed by atoms with E-state index in [-0.39, 0.29) is 19.2 Å². The van der Waals surface area contributed by atoms with E-state index in [1.54, 1.807) is 11.9 Å². The van der Waals surface area contributed by atoms with Crippen molar-refractivity contribution in [1.82, 2.24) is 20.4 Å². The number of aliphatic hydroxyl groups is 1. The summed E-state index contributed by atoms with van der Waals surface area (Å²) in [7, 11) is 1.80. The maximum Gasteiger partial charge on any atom is 0.318 e. The second-order valence-electron chi connectivity index (χ2n) is 4.78. The molecule has 0 radical (unpaired) electrons. The van der Waals surface area contributed by atoms with Crippen LogP contribution in [0.2, 0.25) is 0 Å². The predicted octanol–water partition coefficient (Wildman–Crippen LogP) is 0.204. The summed E-state index contributed by atoms with van der Waals surface area (Å²) >= 11 is 0. The molecular formula is C11H19N5O2. The predicted molar refractivity (Wildman–Crippen MR) is 67.2 cm³/mol. The van der Waals surface area contributed by atoms with Crippen molar-refractivity contribution in [2.24, 2.45) is 0 Å². The standard InChI is InChI=1S/C11H19N5O2/c1-11(2)8-7(9(12-3)15-14-8)6-16(11)10(18)13-4-5-17/h17H,4-6H2,1-3H3,(H,13,18)(H2,12,14,15). The second kappa shape index (κ2) is 4.49. The van der Waals surface area contributed by atoms with Crippen LogP contribution in [0, 0.1) is 0 Å². The molecule has 4 N–H and O–H groups in total. The number of carbonyl (C=O) groups is 1. The van der Waals surface area contributed by atoms with Crippen LogP contribution >= 0.6 is 0 Å². The summed E-state index contributed by atoms with van der Waals surface area (Å²) < 4.78 is 0. The van der Waals surface area contributed by atoms with Crippen LogP contribution in [0.25, 0.3) is 0 Å². The molecule has 0 aromatic carbocycles. The highest BCUT2D eigenvalue weighted by atomic mass is 16.3. The number of hydrogen-bond donors (Lipinski definition) is 4. The Morgan fingerprint density at radius 3 is 2.94 bits per heavy atom. The highest BCUT2D eigenvalue weighted by Gasteiger charge is 2.43. The zero-order chi connectivity index (χ0) is 13.3. The maximum atomic E-state index is 12.0. The molecule has 100 valence electrons. The molecule has 0 bridgehead atoms. The molecule has 18 heavy (non-hydrogen) atoms. The van der Waals surface area contributed by atoms with Gasteiger partial charge in [0.15, 0.2) is 5.82 Å². The molecule has 1 aromatic heterocycles. The lowest BCUT2D eigenvalue weighted by Gasteiger charge is -2.31. The third-order valence-electron chi connectivity index (χ3n) is 3.34. The van der Waals surface area contributed by atoms with Crippen LogP contribution in [0.4, 0.5) is 10.6 Å². The Hall–Kier alpha value is -1.76. The molecule has 1 aromatic rings. The van der Waals surface area contributed by atoms with Crippen molar-refractivity contribution in [1.29, 1.82) is 0 Å². The van der Waals surface area contributed by atoms with E-state index in [1.165, 1.54) is 0 Å². The number of carbonyl (C=O) groups excluding carboxylic acids is 1. The smallest absolute Gasteiger partial charge is 0.318 e. The molecule has 0 spiro atoms. The van der Waals surface area contributed by atoms with E-state index in [1.807, 2.05) is 13.8 Å². The van der Waals surface area contributed by atoms with Gasteiger partial charge in [-0.15, -0.1) is 0 Å². The van der Waals surface area contributed by atoms with Gasteiger partial charge < -0.3 is 20.6 Å². The van der Waals surface area contributed by atoms with Crippen LogP contribution in [0.5, 0.6) is 0 Å². The molecule has 1 aliphatic rings. The largest absolute Gasteiger partial charge is 0.395 e. The lowest BCUT2D eigenvalue weighted by atomic mass is 10.0. The molecule has 0 saturated heterocycles. The van der Waals surface area contributed by atoms with Gasteiger partial charge in [-0.05, 0) is 13.8 Å². The number of anilines is 1. The van der Waals surface area contributed by atoms with Crippen LogP contribution in [-0.4, -0.2) is 46.4 Å². The van der Waals surface area contributed by atoms with Crippen LogP contribution in [0.1, 0.15) is 25.1 Å². The van der Waals surface area contributed by atoms with Gasteiger partial charge in [-0.1, -0.05) is 0 Å². The molecule has 2 heterocycles. The van der Waals surface area contributed by atoms with E-state index < -0.39 is 5.54 Å². The van der Waals surface area contributed by atoms with Crippen molar-refractivity contribution >= 4 is 11.8 Å². The van der Waals surface area contributed by atoms with Gasteiger partial charge in [0, 0.05) is 19.2 Å². The first-order valence-electron chi connectivity index (χ1n) is 5.94. The second-order valence-corrected chi connectivity index (χ2v) is 4.78. The van der Waals surface area contributed by atoms with Crippen molar-refractivity contribution in [3.05, 3.63) is 11.3 Å². The van der Waals surface area contributed by atoms with Crippen molar-refractivity contribution < 1.29 is 9.90 Å². The highest BCUT2D eigenvalue weighted by Crippen LogP contribution is 2.40. The maximum absolute atomic E-state index is 12.0. The molecule has 7 nitrogen and oxygen atoms in total. The summed E-state index contributed by atoms with van der Waals surface area (Å²) in [5.41, 5.74) is 1.53. The van der Waals surface area contributed by atoms with Crippen LogP contribution in [-0.2, 0) is 12.1 Å². The number of rotatable bonds is 3. The van der Waals surface area contributed by atoms with Gasteiger partial charge in [0.05, 0.1) is 24.4 Å². The average molecular weight is 253 g/mol. The molecule has 1 aliphatic heterocycles. The van der Waals surface area contributed by atoms with Crippen LogP contribution in [0.3, 0.4) is 0 Å². The summed E-state index contributed by atoms with van der Waals surface area (Å²) in [6.45, 7) is 4.64. The molecule has 0 atom stereocenters. The number of H-pyrrole nitrogens is 1. The quantitative estimate of drug-likeness (QED) is 0.619. The van der Waals surface area contributed by atoms with E-state index in [0.29, 0.717) is 6.54 Å². The molecule has 2 rings (SSSR count). The van der Waals surface area contributed by atoms with Gasteiger partial charge >= 0.3 is 6.03 Å². The summed E-state index contributed by atoms with van der Waals surface area (Å²) in [5.74, 6) is 0.774. The third kappa shape index (κ3) is 1.80. The first kappa shape index (κ1) is 12.7. The first-order chi connectivity index (χ1) is 8.52. The fraction of sp³-hybridized carbons (Fsp3) is 0.636. The van der Waals surface area contributed by atoms with Gasteiger partial charge in [-0.3, -0.25) is 5.10 Å². The number of hydrogen-bond acceptors (Lipinski definition) is 4. The zero-order valence-corrected chi connectivity index (χ0v) is 10.9. The lowest BCUT2D eigenvalue weighted by molar-refractivity contribution is 0.140. The Morgan fingerprint density at radius 2 is 2.33 bits per heavy atom. The SMILES string of the molecule is CNc1n[nH]c2c1CN(C(=O)NCCO)C2(C)C. The average Bonchev–Trinajstić information content (AvgIpc) is 2.85. The van der Waals surface area contributed by atoms with Crippen molar-refractivity contribution in [3.8, 4) is 0 Å². The Bertz CT molecular complexity index is 454. The Kier molecular flexibility index (Phi) is 3.16. The summed E-state index contributed by atoms with van der Waals surface area (Å²) in [6.07, 6.45) is 0. The first-order valence-corrected chi connectivity index (χ1v) is 5.94. The molecule has 0 fully saturated rings. The number of aliphatic hydroxyl groups excluding tert-OH is 1. The van der Waals surface area contributed by atoms with Crippen molar-refractivity contribution in [2.45, 2.75) is 25.9 Å². The van der Waals surface area contributed by atoms with Gasteiger partial charge in [-0.2, -0.15) is 5.10 Å². The Balaban J connectivity index is 2.23. The van der Waals surface area contributed by atoms with E-state index in [9.17, 15) is 4.79 Å².